The average molecular weight is 201 g/mol. The van der Waals surface area contributed by atoms with Crippen LogP contribution < -0.4 is 0 Å². The van der Waals surface area contributed by atoms with Gasteiger partial charge in [-0.1, -0.05) is 0 Å². The lowest BCUT2D eigenvalue weighted by atomic mass is 9.66. The molecule has 1 aliphatic rings. The summed E-state index contributed by atoms with van der Waals surface area (Å²) < 4.78 is 18.7. The van der Waals surface area contributed by atoms with E-state index >= 15 is 0 Å². The van der Waals surface area contributed by atoms with E-state index in [2.05, 4.69) is 9.47 Å². The monoisotopic (exact) mass is 201 g/mol. The quantitative estimate of drug-likeness (QED) is 0.322. The van der Waals surface area contributed by atoms with Crippen molar-refractivity contribution in [1.82, 2.24) is 0 Å². The lowest BCUT2D eigenvalue weighted by Gasteiger charge is -2.14. The first-order valence-corrected chi connectivity index (χ1v) is 4.02. The zero-order valence-corrected chi connectivity index (χ0v) is 7.67. The van der Waals surface area contributed by atoms with Gasteiger partial charge < -0.3 is 18.9 Å². The standard InChI is InChI=1S/C7H10BO6/c1-11-2-5(13-4-9)8-6-3-12-7(10)14-6/h4-6H,2-3H2,1H3. The number of methoxy groups -OCH3 is 1. The summed E-state index contributed by atoms with van der Waals surface area (Å²) in [5.41, 5.74) is 0. The van der Waals surface area contributed by atoms with Crippen LogP contribution in [0.5, 0.6) is 0 Å². The van der Waals surface area contributed by atoms with Crippen LogP contribution in [-0.4, -0.2) is 52.2 Å². The van der Waals surface area contributed by atoms with Gasteiger partial charge in [0.1, 0.15) is 12.6 Å². The first kappa shape index (κ1) is 10.8. The SMILES string of the molecule is COCC([B]C1COC(=O)O1)OC=O. The highest BCUT2D eigenvalue weighted by atomic mass is 16.8. The summed E-state index contributed by atoms with van der Waals surface area (Å²) in [6, 6.07) is -1.01. The highest BCUT2D eigenvalue weighted by Crippen LogP contribution is 2.06. The average Bonchev–Trinajstić information content (AvgIpc) is 2.52. The number of carbonyl (C=O) groups excluding carboxylic acids is 2. The molecule has 14 heavy (non-hydrogen) atoms. The predicted octanol–water partition coefficient (Wildman–Crippen LogP) is -0.671. The molecule has 2 unspecified atom stereocenters. The second kappa shape index (κ2) is 5.49. The summed E-state index contributed by atoms with van der Waals surface area (Å²) in [6.45, 7) is 0.672. The fourth-order valence-corrected chi connectivity index (χ4v) is 1.05. The molecule has 1 rings (SSSR count). The zero-order valence-electron chi connectivity index (χ0n) is 7.67. The number of ether oxygens (including phenoxy) is 4. The summed E-state index contributed by atoms with van der Waals surface area (Å²) in [7, 11) is 3.02. The van der Waals surface area contributed by atoms with E-state index in [0.717, 1.165) is 0 Å². The van der Waals surface area contributed by atoms with Crippen molar-refractivity contribution in [2.45, 2.75) is 12.0 Å². The lowest BCUT2D eigenvalue weighted by molar-refractivity contribution is -0.132. The third kappa shape index (κ3) is 3.25. The molecule has 1 aliphatic heterocycles. The molecule has 0 amide bonds. The van der Waals surface area contributed by atoms with E-state index in [9.17, 15) is 9.59 Å². The molecule has 1 heterocycles. The van der Waals surface area contributed by atoms with Gasteiger partial charge in [-0.05, 0) is 0 Å². The second-order valence-corrected chi connectivity index (χ2v) is 2.64. The van der Waals surface area contributed by atoms with Gasteiger partial charge in [0, 0.05) is 7.11 Å². The molecular weight excluding hydrogens is 191 g/mol. The molecule has 2 atom stereocenters. The van der Waals surface area contributed by atoms with E-state index in [4.69, 9.17) is 9.47 Å². The molecule has 7 heteroatoms. The minimum Gasteiger partial charge on any atom is -0.472 e. The van der Waals surface area contributed by atoms with Crippen molar-refractivity contribution >= 4 is 19.9 Å². The van der Waals surface area contributed by atoms with Crippen molar-refractivity contribution in [3.8, 4) is 0 Å². The lowest BCUT2D eigenvalue weighted by Crippen LogP contribution is -2.35. The van der Waals surface area contributed by atoms with Gasteiger partial charge in [0.15, 0.2) is 0 Å². The van der Waals surface area contributed by atoms with Crippen molar-refractivity contribution in [1.29, 1.82) is 0 Å². The van der Waals surface area contributed by atoms with Crippen LogP contribution >= 0.6 is 0 Å². The van der Waals surface area contributed by atoms with Crippen molar-refractivity contribution in [2.75, 3.05) is 20.3 Å². The summed E-state index contributed by atoms with van der Waals surface area (Å²) in [4.78, 5) is 20.6. The molecule has 1 radical (unpaired) electrons. The predicted molar refractivity (Wildman–Crippen MR) is 44.8 cm³/mol. The second-order valence-electron chi connectivity index (χ2n) is 2.64. The van der Waals surface area contributed by atoms with Crippen molar-refractivity contribution in [3.63, 3.8) is 0 Å². The summed E-state index contributed by atoms with van der Waals surface area (Å²) in [5.74, 6) is 0. The zero-order chi connectivity index (χ0) is 10.4. The minimum absolute atomic E-state index is 0.140. The maximum Gasteiger partial charge on any atom is 0.507 e. The Morgan fingerprint density at radius 3 is 3.07 bits per heavy atom. The van der Waals surface area contributed by atoms with Gasteiger partial charge in [-0.15, -0.1) is 0 Å². The maximum atomic E-state index is 10.5. The molecular formula is C7H10BO6. The van der Waals surface area contributed by atoms with E-state index in [1.54, 1.807) is 7.28 Å². The van der Waals surface area contributed by atoms with Crippen LogP contribution in [0.4, 0.5) is 4.79 Å². The largest absolute Gasteiger partial charge is 0.507 e. The molecule has 0 aromatic carbocycles. The van der Waals surface area contributed by atoms with Crippen LogP contribution in [0.25, 0.3) is 0 Å². The van der Waals surface area contributed by atoms with Gasteiger partial charge in [0.25, 0.3) is 6.47 Å². The molecule has 0 aromatic heterocycles. The van der Waals surface area contributed by atoms with E-state index in [1.165, 1.54) is 7.11 Å². The Morgan fingerprint density at radius 2 is 2.57 bits per heavy atom. The van der Waals surface area contributed by atoms with Gasteiger partial charge in [-0.3, -0.25) is 4.79 Å². The van der Waals surface area contributed by atoms with Gasteiger partial charge in [0.2, 0.25) is 7.28 Å². The molecule has 0 saturated carbocycles. The number of carbonyl (C=O) groups is 2. The normalized spacial score (nSPS) is 22.1. The van der Waals surface area contributed by atoms with Crippen molar-refractivity contribution in [2.24, 2.45) is 0 Å². The number of rotatable bonds is 6. The molecule has 0 aromatic rings. The van der Waals surface area contributed by atoms with Gasteiger partial charge >= 0.3 is 6.16 Å². The van der Waals surface area contributed by atoms with E-state index in [0.29, 0.717) is 6.47 Å². The van der Waals surface area contributed by atoms with Gasteiger partial charge in [-0.2, -0.15) is 0 Å². The van der Waals surface area contributed by atoms with Crippen molar-refractivity contribution in [3.05, 3.63) is 0 Å². The third-order valence-electron chi connectivity index (χ3n) is 1.60. The summed E-state index contributed by atoms with van der Waals surface area (Å²) in [6.07, 6.45) is -0.714. The maximum absolute atomic E-state index is 10.5. The topological polar surface area (TPSA) is 71.1 Å². The van der Waals surface area contributed by atoms with E-state index < -0.39 is 18.2 Å². The molecule has 0 spiro atoms. The Labute approximate surface area is 81.7 Å². The Bertz CT molecular complexity index is 208. The first-order valence-electron chi connectivity index (χ1n) is 4.02. The summed E-state index contributed by atoms with van der Waals surface area (Å²) in [5, 5.41) is 0. The molecule has 1 fully saturated rings. The Morgan fingerprint density at radius 1 is 1.79 bits per heavy atom. The molecule has 77 valence electrons. The van der Waals surface area contributed by atoms with E-state index in [-0.39, 0.29) is 13.2 Å². The smallest absolute Gasteiger partial charge is 0.472 e. The highest BCUT2D eigenvalue weighted by Gasteiger charge is 2.29. The molecule has 0 aliphatic carbocycles. The summed E-state index contributed by atoms with van der Waals surface area (Å²) >= 11 is 0. The minimum atomic E-state index is -0.714. The number of hydrogen-bond donors (Lipinski definition) is 0. The van der Waals surface area contributed by atoms with Gasteiger partial charge in [-0.25, -0.2) is 4.79 Å². The molecule has 1 saturated heterocycles. The molecule has 0 N–H and O–H groups in total. The van der Waals surface area contributed by atoms with Crippen LogP contribution in [0.1, 0.15) is 0 Å². The van der Waals surface area contributed by atoms with Crippen LogP contribution in [0.3, 0.4) is 0 Å². The Kier molecular flexibility index (Phi) is 4.25. The van der Waals surface area contributed by atoms with Crippen LogP contribution in [0, 0.1) is 0 Å². The molecule has 6 nitrogen and oxygen atoms in total. The Balaban J connectivity index is 2.30. The van der Waals surface area contributed by atoms with Crippen LogP contribution in [-0.2, 0) is 23.7 Å². The van der Waals surface area contributed by atoms with Crippen LogP contribution in [0.15, 0.2) is 0 Å². The highest BCUT2D eigenvalue weighted by molar-refractivity contribution is 6.39. The first-order chi connectivity index (χ1) is 6.76. The number of hydrogen-bond acceptors (Lipinski definition) is 6. The number of cyclic esters (lactones) is 2. The fourth-order valence-electron chi connectivity index (χ4n) is 1.05. The van der Waals surface area contributed by atoms with Crippen molar-refractivity contribution < 1.29 is 28.5 Å². The van der Waals surface area contributed by atoms with Crippen LogP contribution in [0.2, 0.25) is 0 Å². The van der Waals surface area contributed by atoms with Gasteiger partial charge in [0.05, 0.1) is 12.6 Å². The molecule has 0 bridgehead atoms. The van der Waals surface area contributed by atoms with E-state index in [1.807, 2.05) is 0 Å². The third-order valence-corrected chi connectivity index (χ3v) is 1.60. The fraction of sp³-hybridized carbons (Fsp3) is 0.714. The Hall–Kier alpha value is -1.24.